The molecular formula is C36H34N2O5. The number of nitriles is 1. The predicted octanol–water partition coefficient (Wildman–Crippen LogP) is 6.93. The molecular weight excluding hydrogens is 540 g/mol. The average Bonchev–Trinajstić information content (AvgIpc) is 3.32. The first-order chi connectivity index (χ1) is 20.7. The Bertz CT molecular complexity index is 1590. The second kappa shape index (κ2) is 12.8. The fraction of sp³-hybridized carbons (Fsp3) is 0.250. The van der Waals surface area contributed by atoms with Crippen molar-refractivity contribution in [1.29, 1.82) is 5.26 Å². The van der Waals surface area contributed by atoms with E-state index in [2.05, 4.69) is 35.7 Å². The molecule has 4 aromatic carbocycles. The first-order valence-corrected chi connectivity index (χ1v) is 14.3. The Morgan fingerprint density at radius 2 is 1.42 bits per heavy atom. The molecule has 7 heteroatoms. The summed E-state index contributed by atoms with van der Waals surface area (Å²) in [5.74, 6) is 0.0310. The summed E-state index contributed by atoms with van der Waals surface area (Å²) in [7, 11) is 0. The van der Waals surface area contributed by atoms with Crippen molar-refractivity contribution in [2.24, 2.45) is 0 Å². The predicted molar refractivity (Wildman–Crippen MR) is 163 cm³/mol. The van der Waals surface area contributed by atoms with Crippen molar-refractivity contribution in [1.82, 2.24) is 5.32 Å². The zero-order valence-corrected chi connectivity index (χ0v) is 24.5. The number of alkyl carbamates (subject to hydrolysis) is 1. The van der Waals surface area contributed by atoms with Crippen molar-refractivity contribution >= 4 is 12.1 Å². The van der Waals surface area contributed by atoms with Crippen LogP contribution in [0, 0.1) is 11.3 Å². The van der Waals surface area contributed by atoms with Crippen molar-refractivity contribution in [3.63, 3.8) is 0 Å². The molecule has 0 saturated heterocycles. The van der Waals surface area contributed by atoms with Crippen molar-refractivity contribution in [3.05, 3.63) is 125 Å². The Hall–Kier alpha value is -5.09. The fourth-order valence-corrected chi connectivity index (χ4v) is 5.15. The molecule has 218 valence electrons. The van der Waals surface area contributed by atoms with E-state index in [4.69, 9.17) is 19.5 Å². The minimum absolute atomic E-state index is 0.0880. The number of nitrogens with one attached hydrogen (secondary N) is 1. The van der Waals surface area contributed by atoms with E-state index < -0.39 is 23.7 Å². The molecule has 1 unspecified atom stereocenters. The Labute approximate surface area is 252 Å². The van der Waals surface area contributed by atoms with E-state index in [0.29, 0.717) is 17.9 Å². The molecule has 5 rings (SSSR count). The second-order valence-corrected chi connectivity index (χ2v) is 11.5. The van der Waals surface area contributed by atoms with E-state index >= 15 is 0 Å². The van der Waals surface area contributed by atoms with Crippen molar-refractivity contribution < 1.29 is 23.8 Å². The molecule has 0 heterocycles. The van der Waals surface area contributed by atoms with Crippen LogP contribution in [0.5, 0.6) is 5.75 Å². The average molecular weight is 575 g/mol. The van der Waals surface area contributed by atoms with Gasteiger partial charge in [0, 0.05) is 12.3 Å². The number of rotatable bonds is 9. The monoisotopic (exact) mass is 574 g/mol. The van der Waals surface area contributed by atoms with Crippen LogP contribution in [0.4, 0.5) is 4.79 Å². The number of nitrogens with zero attached hydrogens (tertiary/aromatic N) is 1. The standard InChI is InChI=1S/C36H34N2O5/c1-36(2,3)43-34(39)33(20-24-16-18-27(19-17-24)41-22-26-14-12-25(21-37)13-15-26)38-35(40)42-23-32-30-10-6-4-8-28(30)29-9-5-7-11-31(29)32/h4-19,32-33H,20,22-23H2,1-3H3,(H,38,40). The van der Waals surface area contributed by atoms with Crippen LogP contribution < -0.4 is 10.1 Å². The lowest BCUT2D eigenvalue weighted by Crippen LogP contribution is -2.46. The normalized spacial score (nSPS) is 12.8. The number of carbonyl (C=O) groups excluding carboxylic acids is 2. The van der Waals surface area contributed by atoms with Crippen molar-refractivity contribution in [2.45, 2.75) is 51.4 Å². The number of benzene rings is 4. The Kier molecular flexibility index (Phi) is 8.77. The Morgan fingerprint density at radius 1 is 0.837 bits per heavy atom. The molecule has 1 N–H and O–H groups in total. The largest absolute Gasteiger partial charge is 0.489 e. The van der Waals surface area contributed by atoms with Crippen LogP contribution in [0.15, 0.2) is 97.1 Å². The van der Waals surface area contributed by atoms with E-state index in [1.807, 2.05) is 60.7 Å². The summed E-state index contributed by atoms with van der Waals surface area (Å²) in [6.07, 6.45) is -0.463. The Balaban J connectivity index is 1.22. The summed E-state index contributed by atoms with van der Waals surface area (Å²) in [5, 5.41) is 11.7. The maximum Gasteiger partial charge on any atom is 0.407 e. The molecule has 0 saturated carbocycles. The lowest BCUT2D eigenvalue weighted by atomic mass is 9.98. The molecule has 4 aromatic rings. The summed E-state index contributed by atoms with van der Waals surface area (Å²) >= 11 is 0. The summed E-state index contributed by atoms with van der Waals surface area (Å²) in [4.78, 5) is 26.2. The molecule has 0 aromatic heterocycles. The number of amides is 1. The molecule has 0 fully saturated rings. The lowest BCUT2D eigenvalue weighted by molar-refractivity contribution is -0.157. The van der Waals surface area contributed by atoms with Gasteiger partial charge in [0.2, 0.25) is 0 Å². The second-order valence-electron chi connectivity index (χ2n) is 11.5. The topological polar surface area (TPSA) is 97.6 Å². The fourth-order valence-electron chi connectivity index (χ4n) is 5.15. The maximum atomic E-state index is 13.1. The summed E-state index contributed by atoms with van der Waals surface area (Å²) in [6, 6.07) is 32.0. The molecule has 43 heavy (non-hydrogen) atoms. The molecule has 0 bridgehead atoms. The maximum absolute atomic E-state index is 13.1. The third-order valence-electron chi connectivity index (χ3n) is 7.18. The molecule has 0 spiro atoms. The zero-order valence-electron chi connectivity index (χ0n) is 24.5. The minimum atomic E-state index is -0.944. The van der Waals surface area contributed by atoms with Crippen LogP contribution >= 0.6 is 0 Å². The smallest absolute Gasteiger partial charge is 0.407 e. The van der Waals surface area contributed by atoms with E-state index in [1.54, 1.807) is 32.9 Å². The first-order valence-electron chi connectivity index (χ1n) is 14.3. The highest BCUT2D eigenvalue weighted by Crippen LogP contribution is 2.44. The molecule has 1 atom stereocenters. The molecule has 1 aliphatic carbocycles. The van der Waals surface area contributed by atoms with E-state index in [0.717, 1.165) is 33.4 Å². The SMILES string of the molecule is CC(C)(C)OC(=O)C(Cc1ccc(OCc2ccc(C#N)cc2)cc1)NC(=O)OCC1c2ccccc2-c2ccccc21. The quantitative estimate of drug-likeness (QED) is 0.218. The summed E-state index contributed by atoms with van der Waals surface area (Å²) < 4.78 is 17.2. The van der Waals surface area contributed by atoms with E-state index in [9.17, 15) is 9.59 Å². The number of hydrogen-bond donors (Lipinski definition) is 1. The highest BCUT2D eigenvalue weighted by atomic mass is 16.6. The third-order valence-corrected chi connectivity index (χ3v) is 7.18. The lowest BCUT2D eigenvalue weighted by Gasteiger charge is -2.25. The summed E-state index contributed by atoms with van der Waals surface area (Å²) in [5.41, 5.74) is 6.15. The van der Waals surface area contributed by atoms with Gasteiger partial charge in [0.25, 0.3) is 0 Å². The van der Waals surface area contributed by atoms with Gasteiger partial charge in [0.05, 0.1) is 11.6 Å². The van der Waals surface area contributed by atoms with E-state index in [-0.39, 0.29) is 18.9 Å². The van der Waals surface area contributed by atoms with Crippen molar-refractivity contribution in [3.8, 4) is 22.9 Å². The number of carbonyl (C=O) groups is 2. The Morgan fingerprint density at radius 3 is 2.00 bits per heavy atom. The number of fused-ring (bicyclic) bond motifs is 3. The minimum Gasteiger partial charge on any atom is -0.489 e. The molecule has 7 nitrogen and oxygen atoms in total. The van der Waals surface area contributed by atoms with Crippen LogP contribution in [-0.4, -0.2) is 30.3 Å². The van der Waals surface area contributed by atoms with Gasteiger partial charge in [-0.1, -0.05) is 72.8 Å². The van der Waals surface area contributed by atoms with Gasteiger partial charge in [0.15, 0.2) is 0 Å². The van der Waals surface area contributed by atoms with Gasteiger partial charge in [-0.2, -0.15) is 5.26 Å². The van der Waals surface area contributed by atoms with Gasteiger partial charge in [0.1, 0.15) is 30.6 Å². The van der Waals surface area contributed by atoms with Crippen molar-refractivity contribution in [2.75, 3.05) is 6.61 Å². The number of esters is 1. The van der Waals surface area contributed by atoms with Gasteiger partial charge in [-0.3, -0.25) is 0 Å². The zero-order chi connectivity index (χ0) is 30.4. The van der Waals surface area contributed by atoms with Gasteiger partial charge in [-0.25, -0.2) is 9.59 Å². The number of ether oxygens (including phenoxy) is 3. The third kappa shape index (κ3) is 7.41. The molecule has 0 radical (unpaired) electrons. The summed E-state index contributed by atoms with van der Waals surface area (Å²) in [6.45, 7) is 5.86. The molecule has 1 amide bonds. The molecule has 0 aliphatic heterocycles. The van der Waals surface area contributed by atoms with Crippen LogP contribution in [0.2, 0.25) is 0 Å². The van der Waals surface area contributed by atoms with Crippen LogP contribution in [-0.2, 0) is 27.3 Å². The first kappa shape index (κ1) is 29.4. The van der Waals surface area contributed by atoms with Crippen LogP contribution in [0.1, 0.15) is 54.5 Å². The van der Waals surface area contributed by atoms with Gasteiger partial charge in [-0.15, -0.1) is 0 Å². The highest BCUT2D eigenvalue weighted by Gasteiger charge is 2.31. The van der Waals surface area contributed by atoms with Gasteiger partial charge < -0.3 is 19.5 Å². The van der Waals surface area contributed by atoms with Crippen LogP contribution in [0.25, 0.3) is 11.1 Å². The van der Waals surface area contributed by atoms with Crippen LogP contribution in [0.3, 0.4) is 0 Å². The number of hydrogen-bond acceptors (Lipinski definition) is 6. The van der Waals surface area contributed by atoms with E-state index in [1.165, 1.54) is 0 Å². The highest BCUT2D eigenvalue weighted by molar-refractivity contribution is 5.82. The molecule has 1 aliphatic rings. The van der Waals surface area contributed by atoms with Gasteiger partial charge >= 0.3 is 12.1 Å². The van der Waals surface area contributed by atoms with Gasteiger partial charge in [-0.05, 0) is 78.4 Å².